The lowest BCUT2D eigenvalue weighted by molar-refractivity contribution is -0.149. The van der Waals surface area contributed by atoms with Gasteiger partial charge in [0.2, 0.25) is 0 Å². The highest BCUT2D eigenvalue weighted by Gasteiger charge is 2.64. The Morgan fingerprint density at radius 1 is 1.36 bits per heavy atom. The molecule has 2 saturated carbocycles. The molecule has 3 aliphatic rings. The molecule has 0 aromatic heterocycles. The van der Waals surface area contributed by atoms with Crippen molar-refractivity contribution in [2.24, 2.45) is 17.3 Å². The second-order valence-electron chi connectivity index (χ2n) is 5.90. The highest BCUT2D eigenvalue weighted by molar-refractivity contribution is 5.74. The van der Waals surface area contributed by atoms with E-state index in [9.17, 15) is 4.79 Å². The van der Waals surface area contributed by atoms with Crippen LogP contribution in [0.4, 0.5) is 0 Å². The Balaban J connectivity index is 2.00. The van der Waals surface area contributed by atoms with Gasteiger partial charge in [-0.15, -0.1) is 0 Å². The lowest BCUT2D eigenvalue weighted by Gasteiger charge is -2.42. The van der Waals surface area contributed by atoms with Gasteiger partial charge in [0, 0.05) is 5.41 Å². The number of cyclic esters (lactones) is 1. The average Bonchev–Trinajstić information content (AvgIpc) is 2.65. The summed E-state index contributed by atoms with van der Waals surface area (Å²) < 4.78 is 5.50. The molecule has 3 unspecified atom stereocenters. The fourth-order valence-corrected chi connectivity index (χ4v) is 4.29. The van der Waals surface area contributed by atoms with Crippen LogP contribution >= 0.6 is 0 Å². The number of fused-ring (bicyclic) bond motifs is 3. The van der Waals surface area contributed by atoms with E-state index in [-0.39, 0.29) is 17.0 Å². The summed E-state index contributed by atoms with van der Waals surface area (Å²) in [5.74, 6) is 1.67. The third-order valence-corrected chi connectivity index (χ3v) is 5.00. The van der Waals surface area contributed by atoms with Crippen molar-refractivity contribution >= 4 is 5.97 Å². The van der Waals surface area contributed by atoms with Crippen LogP contribution in [0.25, 0.3) is 0 Å². The quantitative estimate of drug-likeness (QED) is 0.554. The van der Waals surface area contributed by atoms with E-state index in [1.807, 2.05) is 0 Å². The van der Waals surface area contributed by atoms with Gasteiger partial charge >= 0.3 is 5.97 Å². The van der Waals surface area contributed by atoms with Crippen LogP contribution < -0.4 is 0 Å². The van der Waals surface area contributed by atoms with Gasteiger partial charge in [0.15, 0.2) is 0 Å². The van der Waals surface area contributed by atoms with E-state index in [1.165, 1.54) is 25.7 Å². The second-order valence-corrected chi connectivity index (χ2v) is 5.90. The fraction of sp³-hybridized carbons (Fsp3) is 0.917. The number of hydrogen-bond acceptors (Lipinski definition) is 2. The molecule has 14 heavy (non-hydrogen) atoms. The van der Waals surface area contributed by atoms with Crippen LogP contribution in [0.2, 0.25) is 0 Å². The van der Waals surface area contributed by atoms with Gasteiger partial charge in [-0.2, -0.15) is 0 Å². The molecule has 3 atom stereocenters. The molecule has 1 spiro atoms. The van der Waals surface area contributed by atoms with Crippen LogP contribution in [0.3, 0.4) is 0 Å². The molecule has 0 aromatic rings. The Morgan fingerprint density at radius 3 is 2.57 bits per heavy atom. The number of esters is 1. The van der Waals surface area contributed by atoms with Gasteiger partial charge < -0.3 is 4.74 Å². The lowest BCUT2D eigenvalue weighted by Crippen LogP contribution is -2.43. The fourth-order valence-electron chi connectivity index (χ4n) is 4.29. The van der Waals surface area contributed by atoms with E-state index in [2.05, 4.69) is 13.8 Å². The average molecular weight is 194 g/mol. The molecule has 2 nitrogen and oxygen atoms in total. The summed E-state index contributed by atoms with van der Waals surface area (Å²) in [5, 5.41) is 0. The van der Waals surface area contributed by atoms with Crippen molar-refractivity contribution in [3.63, 3.8) is 0 Å². The molecule has 1 heterocycles. The first-order valence-electron chi connectivity index (χ1n) is 5.75. The molecule has 0 amide bonds. The van der Waals surface area contributed by atoms with E-state index < -0.39 is 0 Å². The molecular weight excluding hydrogens is 176 g/mol. The molecule has 1 saturated heterocycles. The van der Waals surface area contributed by atoms with Crippen molar-refractivity contribution in [3.05, 3.63) is 0 Å². The van der Waals surface area contributed by atoms with Crippen molar-refractivity contribution in [1.29, 1.82) is 0 Å². The maximum atomic E-state index is 11.5. The Bertz CT molecular complexity index is 295. The number of hydrogen-bond donors (Lipinski definition) is 0. The SMILES string of the molecule is CC1(C)OC(=O)CC12CC1CCC2C1. The lowest BCUT2D eigenvalue weighted by atomic mass is 9.63. The third-order valence-electron chi connectivity index (χ3n) is 5.00. The molecule has 78 valence electrons. The zero-order valence-corrected chi connectivity index (χ0v) is 9.01. The first-order valence-corrected chi connectivity index (χ1v) is 5.75. The van der Waals surface area contributed by atoms with Gasteiger partial charge in [-0.25, -0.2) is 0 Å². The Hall–Kier alpha value is -0.530. The molecule has 2 aliphatic carbocycles. The van der Waals surface area contributed by atoms with Gasteiger partial charge in [0.1, 0.15) is 5.60 Å². The summed E-state index contributed by atoms with van der Waals surface area (Å²) >= 11 is 0. The first-order chi connectivity index (χ1) is 6.53. The molecule has 2 heteroatoms. The highest BCUT2D eigenvalue weighted by Crippen LogP contribution is 2.65. The standard InChI is InChI=1S/C12H18O2/c1-11(2)12(7-10(13)14-11)6-8-3-4-9(12)5-8/h8-9H,3-7H2,1-2H3. The largest absolute Gasteiger partial charge is 0.459 e. The highest BCUT2D eigenvalue weighted by atomic mass is 16.6. The zero-order chi connectivity index (χ0) is 9.97. The second kappa shape index (κ2) is 2.34. The summed E-state index contributed by atoms with van der Waals surface area (Å²) in [6, 6.07) is 0. The predicted octanol–water partition coefficient (Wildman–Crippen LogP) is 2.52. The molecule has 2 bridgehead atoms. The van der Waals surface area contributed by atoms with Crippen molar-refractivity contribution in [1.82, 2.24) is 0 Å². The van der Waals surface area contributed by atoms with E-state index in [0.29, 0.717) is 6.42 Å². The van der Waals surface area contributed by atoms with E-state index in [0.717, 1.165) is 11.8 Å². The van der Waals surface area contributed by atoms with Crippen molar-refractivity contribution in [3.8, 4) is 0 Å². The summed E-state index contributed by atoms with van der Waals surface area (Å²) in [5.41, 5.74) is -0.00306. The topological polar surface area (TPSA) is 26.3 Å². The first kappa shape index (κ1) is 8.75. The minimum atomic E-state index is -0.204. The van der Waals surface area contributed by atoms with Crippen LogP contribution in [0.1, 0.15) is 46.0 Å². The molecular formula is C12H18O2. The van der Waals surface area contributed by atoms with Crippen LogP contribution in [0.15, 0.2) is 0 Å². The summed E-state index contributed by atoms with van der Waals surface area (Å²) in [6.07, 6.45) is 5.97. The third kappa shape index (κ3) is 0.850. The molecule has 3 rings (SSSR count). The minimum absolute atomic E-state index is 0.0301. The summed E-state index contributed by atoms with van der Waals surface area (Å²) in [7, 11) is 0. The Morgan fingerprint density at radius 2 is 2.14 bits per heavy atom. The minimum Gasteiger partial charge on any atom is -0.459 e. The maximum Gasteiger partial charge on any atom is 0.307 e. The van der Waals surface area contributed by atoms with Gasteiger partial charge in [0.05, 0.1) is 6.42 Å². The Labute approximate surface area is 85.0 Å². The monoisotopic (exact) mass is 194 g/mol. The number of carbonyl (C=O) groups excluding carboxylic acids is 1. The molecule has 3 fully saturated rings. The van der Waals surface area contributed by atoms with Gasteiger partial charge in [-0.1, -0.05) is 6.42 Å². The molecule has 0 radical (unpaired) electrons. The van der Waals surface area contributed by atoms with Crippen LogP contribution in [-0.4, -0.2) is 11.6 Å². The number of rotatable bonds is 0. The molecule has 0 N–H and O–H groups in total. The normalized spacial score (nSPS) is 48.9. The number of carbonyl (C=O) groups is 1. The molecule has 0 aromatic carbocycles. The summed E-state index contributed by atoms with van der Waals surface area (Å²) in [6.45, 7) is 4.22. The van der Waals surface area contributed by atoms with Crippen LogP contribution in [0, 0.1) is 17.3 Å². The predicted molar refractivity (Wildman–Crippen MR) is 52.7 cm³/mol. The van der Waals surface area contributed by atoms with Gasteiger partial charge in [-0.05, 0) is 44.9 Å². The van der Waals surface area contributed by atoms with E-state index >= 15 is 0 Å². The van der Waals surface area contributed by atoms with Crippen LogP contribution in [-0.2, 0) is 9.53 Å². The van der Waals surface area contributed by atoms with Crippen molar-refractivity contribution in [2.45, 2.75) is 51.6 Å². The van der Waals surface area contributed by atoms with Gasteiger partial charge in [0.25, 0.3) is 0 Å². The van der Waals surface area contributed by atoms with Crippen molar-refractivity contribution < 1.29 is 9.53 Å². The van der Waals surface area contributed by atoms with Crippen LogP contribution in [0.5, 0.6) is 0 Å². The maximum absolute atomic E-state index is 11.5. The van der Waals surface area contributed by atoms with Gasteiger partial charge in [-0.3, -0.25) is 4.79 Å². The number of ether oxygens (including phenoxy) is 1. The Kier molecular flexibility index (Phi) is 1.46. The van der Waals surface area contributed by atoms with Crippen molar-refractivity contribution in [2.75, 3.05) is 0 Å². The smallest absolute Gasteiger partial charge is 0.307 e. The summed E-state index contributed by atoms with van der Waals surface area (Å²) in [4.78, 5) is 11.5. The van der Waals surface area contributed by atoms with E-state index in [1.54, 1.807) is 0 Å². The zero-order valence-electron chi connectivity index (χ0n) is 9.01. The van der Waals surface area contributed by atoms with E-state index in [4.69, 9.17) is 4.74 Å². The molecule has 1 aliphatic heterocycles.